The Bertz CT molecular complexity index is 595. The quantitative estimate of drug-likeness (QED) is 0.851. The third kappa shape index (κ3) is 4.09. The Labute approximate surface area is 133 Å². The van der Waals surface area contributed by atoms with Crippen LogP contribution in [0.4, 0.5) is 5.69 Å². The summed E-state index contributed by atoms with van der Waals surface area (Å²) < 4.78 is 9.34. The summed E-state index contributed by atoms with van der Waals surface area (Å²) in [5.41, 5.74) is 2.61. The Morgan fingerprint density at radius 2 is 2.23 bits per heavy atom. The Balaban J connectivity index is 1.44. The lowest BCUT2D eigenvalue weighted by molar-refractivity contribution is -0.115. The molecular formula is C15H18N4O2S. The van der Waals surface area contributed by atoms with Gasteiger partial charge in [-0.2, -0.15) is 0 Å². The fourth-order valence-corrected chi connectivity index (χ4v) is 2.84. The van der Waals surface area contributed by atoms with Crippen LogP contribution in [0.2, 0.25) is 0 Å². The SMILES string of the molecule is O=C(CNC[C@@H]1CCCO1)Nc1ccc(-c2csnn2)cc1. The number of carbonyl (C=O) groups is 1. The van der Waals surface area contributed by atoms with E-state index in [0.29, 0.717) is 0 Å². The molecule has 3 rings (SSSR count). The van der Waals surface area contributed by atoms with Gasteiger partial charge in [-0.1, -0.05) is 16.6 Å². The lowest BCUT2D eigenvalue weighted by Gasteiger charge is -2.11. The minimum Gasteiger partial charge on any atom is -0.377 e. The lowest BCUT2D eigenvalue weighted by Crippen LogP contribution is -2.33. The van der Waals surface area contributed by atoms with Gasteiger partial charge in [0.15, 0.2) is 0 Å². The first-order valence-corrected chi connectivity index (χ1v) is 8.14. The van der Waals surface area contributed by atoms with Gasteiger partial charge in [0.2, 0.25) is 5.91 Å². The van der Waals surface area contributed by atoms with Gasteiger partial charge < -0.3 is 15.4 Å². The molecule has 1 saturated heterocycles. The molecule has 1 aliphatic rings. The summed E-state index contributed by atoms with van der Waals surface area (Å²) in [7, 11) is 0. The fraction of sp³-hybridized carbons (Fsp3) is 0.400. The smallest absolute Gasteiger partial charge is 0.238 e. The molecule has 1 aliphatic heterocycles. The molecule has 6 nitrogen and oxygen atoms in total. The second-order valence-electron chi connectivity index (χ2n) is 5.18. The molecule has 0 bridgehead atoms. The molecule has 1 atom stereocenters. The van der Waals surface area contributed by atoms with E-state index in [-0.39, 0.29) is 18.6 Å². The van der Waals surface area contributed by atoms with Crippen LogP contribution in [-0.2, 0) is 9.53 Å². The van der Waals surface area contributed by atoms with Gasteiger partial charge in [-0.15, -0.1) is 5.10 Å². The van der Waals surface area contributed by atoms with Gasteiger partial charge in [-0.25, -0.2) is 0 Å². The van der Waals surface area contributed by atoms with Crippen LogP contribution >= 0.6 is 11.5 Å². The summed E-state index contributed by atoms with van der Waals surface area (Å²) in [6.45, 7) is 1.85. The molecule has 0 unspecified atom stereocenters. The molecule has 0 radical (unpaired) electrons. The summed E-state index contributed by atoms with van der Waals surface area (Å²) in [5, 5.41) is 11.9. The highest BCUT2D eigenvalue weighted by atomic mass is 32.1. The largest absolute Gasteiger partial charge is 0.377 e. The van der Waals surface area contributed by atoms with Crippen molar-refractivity contribution in [3.63, 3.8) is 0 Å². The summed E-state index contributed by atoms with van der Waals surface area (Å²) >= 11 is 1.32. The predicted molar refractivity (Wildman–Crippen MR) is 85.8 cm³/mol. The average molecular weight is 318 g/mol. The van der Waals surface area contributed by atoms with Gasteiger partial charge in [-0.3, -0.25) is 4.79 Å². The minimum atomic E-state index is -0.0546. The number of anilines is 1. The van der Waals surface area contributed by atoms with Crippen molar-refractivity contribution < 1.29 is 9.53 Å². The lowest BCUT2D eigenvalue weighted by atomic mass is 10.1. The normalized spacial score (nSPS) is 17.5. The van der Waals surface area contributed by atoms with E-state index in [1.165, 1.54) is 11.5 Å². The number of hydrogen-bond acceptors (Lipinski definition) is 6. The molecule has 22 heavy (non-hydrogen) atoms. The van der Waals surface area contributed by atoms with Crippen LogP contribution in [0.15, 0.2) is 29.6 Å². The summed E-state index contributed by atoms with van der Waals surface area (Å²) in [4.78, 5) is 11.9. The van der Waals surface area contributed by atoms with Crippen molar-refractivity contribution in [2.24, 2.45) is 0 Å². The third-order valence-electron chi connectivity index (χ3n) is 3.51. The van der Waals surface area contributed by atoms with Gasteiger partial charge in [-0.05, 0) is 36.5 Å². The zero-order valence-corrected chi connectivity index (χ0v) is 12.9. The molecule has 0 aliphatic carbocycles. The second-order valence-corrected chi connectivity index (χ2v) is 5.79. The first kappa shape index (κ1) is 15.1. The number of carbonyl (C=O) groups excluding carboxylic acids is 1. The van der Waals surface area contributed by atoms with Crippen molar-refractivity contribution in [1.82, 2.24) is 14.9 Å². The van der Waals surface area contributed by atoms with E-state index >= 15 is 0 Å². The van der Waals surface area contributed by atoms with E-state index in [9.17, 15) is 4.79 Å². The van der Waals surface area contributed by atoms with E-state index in [4.69, 9.17) is 4.74 Å². The van der Waals surface area contributed by atoms with Crippen molar-refractivity contribution in [2.45, 2.75) is 18.9 Å². The molecule has 1 amide bonds. The van der Waals surface area contributed by atoms with E-state index in [1.807, 2.05) is 29.6 Å². The van der Waals surface area contributed by atoms with Gasteiger partial charge in [0.25, 0.3) is 0 Å². The zero-order valence-electron chi connectivity index (χ0n) is 12.1. The first-order chi connectivity index (χ1) is 10.8. The highest BCUT2D eigenvalue weighted by molar-refractivity contribution is 7.03. The topological polar surface area (TPSA) is 76.1 Å². The molecule has 2 aromatic rings. The molecular weight excluding hydrogens is 300 g/mol. The number of amides is 1. The number of rotatable bonds is 6. The van der Waals surface area contributed by atoms with Crippen molar-refractivity contribution >= 4 is 23.1 Å². The molecule has 1 aromatic heterocycles. The predicted octanol–water partition coefficient (Wildman–Crippen LogP) is 1.91. The van der Waals surface area contributed by atoms with Gasteiger partial charge in [0, 0.05) is 29.8 Å². The number of nitrogens with zero attached hydrogens (tertiary/aromatic N) is 2. The number of benzene rings is 1. The highest BCUT2D eigenvalue weighted by Crippen LogP contribution is 2.19. The minimum absolute atomic E-state index is 0.0546. The Morgan fingerprint density at radius 1 is 1.36 bits per heavy atom. The molecule has 2 heterocycles. The molecule has 0 spiro atoms. The number of aromatic nitrogens is 2. The van der Waals surface area contributed by atoms with Crippen LogP contribution in [0.3, 0.4) is 0 Å². The van der Waals surface area contributed by atoms with Crippen molar-refractivity contribution in [2.75, 3.05) is 25.0 Å². The van der Waals surface area contributed by atoms with Crippen LogP contribution in [0.1, 0.15) is 12.8 Å². The standard InChI is InChI=1S/C15H18N4O2S/c20-15(9-16-8-13-2-1-7-21-13)17-12-5-3-11(4-6-12)14-10-22-19-18-14/h3-6,10,13,16H,1-2,7-9H2,(H,17,20)/t13-/m0/s1. The monoisotopic (exact) mass is 318 g/mol. The Morgan fingerprint density at radius 3 is 2.91 bits per heavy atom. The van der Waals surface area contributed by atoms with Crippen LogP contribution in [0.5, 0.6) is 0 Å². The maximum absolute atomic E-state index is 11.9. The molecule has 1 fully saturated rings. The fourth-order valence-electron chi connectivity index (χ4n) is 2.37. The molecule has 0 saturated carbocycles. The van der Waals surface area contributed by atoms with Crippen LogP contribution < -0.4 is 10.6 Å². The van der Waals surface area contributed by atoms with Gasteiger partial charge >= 0.3 is 0 Å². The van der Waals surface area contributed by atoms with Crippen molar-refractivity contribution in [3.8, 4) is 11.3 Å². The molecule has 2 N–H and O–H groups in total. The van der Waals surface area contributed by atoms with E-state index < -0.39 is 0 Å². The molecule has 7 heteroatoms. The first-order valence-electron chi connectivity index (χ1n) is 7.31. The summed E-state index contributed by atoms with van der Waals surface area (Å²) in [6, 6.07) is 7.58. The molecule has 1 aromatic carbocycles. The summed E-state index contributed by atoms with van der Waals surface area (Å²) in [6.07, 6.45) is 2.43. The van der Waals surface area contributed by atoms with Crippen LogP contribution in [-0.4, -0.2) is 41.3 Å². The Hall–Kier alpha value is -1.83. The van der Waals surface area contributed by atoms with E-state index in [0.717, 1.165) is 42.9 Å². The van der Waals surface area contributed by atoms with Gasteiger partial charge in [0.05, 0.1) is 12.6 Å². The van der Waals surface area contributed by atoms with E-state index in [1.54, 1.807) is 0 Å². The number of hydrogen-bond donors (Lipinski definition) is 2. The van der Waals surface area contributed by atoms with Crippen molar-refractivity contribution in [1.29, 1.82) is 0 Å². The van der Waals surface area contributed by atoms with Gasteiger partial charge in [0.1, 0.15) is 5.69 Å². The zero-order chi connectivity index (χ0) is 15.2. The summed E-state index contributed by atoms with van der Waals surface area (Å²) in [5.74, 6) is -0.0546. The highest BCUT2D eigenvalue weighted by Gasteiger charge is 2.15. The average Bonchev–Trinajstić information content (AvgIpc) is 3.21. The molecule has 116 valence electrons. The Kier molecular flexibility index (Phi) is 5.10. The maximum atomic E-state index is 11.9. The van der Waals surface area contributed by atoms with Crippen LogP contribution in [0.25, 0.3) is 11.3 Å². The number of ether oxygens (including phenoxy) is 1. The van der Waals surface area contributed by atoms with E-state index in [2.05, 4.69) is 20.2 Å². The van der Waals surface area contributed by atoms with Crippen LogP contribution in [0, 0.1) is 0 Å². The second kappa shape index (κ2) is 7.44. The maximum Gasteiger partial charge on any atom is 0.238 e. The number of nitrogens with one attached hydrogen (secondary N) is 2. The third-order valence-corrected chi connectivity index (χ3v) is 4.01. The van der Waals surface area contributed by atoms with Crippen molar-refractivity contribution in [3.05, 3.63) is 29.6 Å².